The molecule has 0 unspecified atom stereocenters. The lowest BCUT2D eigenvalue weighted by molar-refractivity contribution is 0.0964. The van der Waals surface area contributed by atoms with Crippen LogP contribution in [0.5, 0.6) is 0 Å². The number of carbonyl (C=O) groups is 1. The topological polar surface area (TPSA) is 59.3 Å². The number of aromatic nitrogens is 3. The number of amides is 1. The van der Waals surface area contributed by atoms with Crippen molar-refractivity contribution in [1.29, 1.82) is 0 Å². The molecule has 0 bridgehead atoms. The van der Waals surface area contributed by atoms with Crippen LogP contribution in [0.1, 0.15) is 47.3 Å². The molecule has 5 nitrogen and oxygen atoms in total. The van der Waals surface area contributed by atoms with Gasteiger partial charge >= 0.3 is 0 Å². The van der Waals surface area contributed by atoms with E-state index in [4.69, 9.17) is 0 Å². The summed E-state index contributed by atoms with van der Waals surface area (Å²) in [6.45, 7) is 0. The highest BCUT2D eigenvalue weighted by Gasteiger charge is 2.17. The van der Waals surface area contributed by atoms with Crippen LogP contribution in [0.2, 0.25) is 0 Å². The maximum Gasteiger partial charge on any atom is 0.256 e. The molecule has 1 amide bonds. The van der Waals surface area contributed by atoms with E-state index in [0.717, 1.165) is 12.8 Å². The largest absolute Gasteiger partial charge is 0.355 e. The van der Waals surface area contributed by atoms with Crippen molar-refractivity contribution in [3.8, 4) is 0 Å². The van der Waals surface area contributed by atoms with Crippen LogP contribution in [0, 0.1) is 0 Å². The van der Waals surface area contributed by atoms with Crippen LogP contribution in [0.25, 0.3) is 5.65 Å². The molecule has 19 heavy (non-hydrogen) atoms. The van der Waals surface area contributed by atoms with Crippen LogP contribution in [-0.4, -0.2) is 27.6 Å². The van der Waals surface area contributed by atoms with E-state index >= 15 is 0 Å². The van der Waals surface area contributed by atoms with Gasteiger partial charge in [0.05, 0.1) is 6.20 Å². The Bertz CT molecular complexity index is 617. The first-order valence-electron chi connectivity index (χ1n) is 6.88. The Morgan fingerprint density at radius 3 is 2.79 bits per heavy atom. The molecule has 2 aromatic rings. The van der Waals surface area contributed by atoms with Gasteiger partial charge in [-0.05, 0) is 31.2 Å². The fourth-order valence-corrected chi connectivity index (χ4v) is 2.74. The molecular weight excluding hydrogens is 240 g/mol. The molecule has 5 heteroatoms. The van der Waals surface area contributed by atoms with E-state index in [-0.39, 0.29) is 5.91 Å². The molecule has 2 aromatic heterocycles. The van der Waals surface area contributed by atoms with Gasteiger partial charge in [0.15, 0.2) is 5.65 Å². The zero-order valence-corrected chi connectivity index (χ0v) is 11.1. The van der Waals surface area contributed by atoms with E-state index in [9.17, 15) is 4.79 Å². The second-order valence-corrected chi connectivity index (χ2v) is 5.02. The van der Waals surface area contributed by atoms with E-state index in [1.807, 2.05) is 10.7 Å². The van der Waals surface area contributed by atoms with Gasteiger partial charge in [0.2, 0.25) is 0 Å². The summed E-state index contributed by atoms with van der Waals surface area (Å²) in [4.78, 5) is 16.2. The zero-order chi connectivity index (χ0) is 13.2. The zero-order valence-electron chi connectivity index (χ0n) is 11.1. The normalized spacial score (nSPS) is 15.6. The summed E-state index contributed by atoms with van der Waals surface area (Å²) >= 11 is 0. The lowest BCUT2D eigenvalue weighted by atomic mass is 9.98. The van der Waals surface area contributed by atoms with Crippen molar-refractivity contribution >= 4 is 11.6 Å². The molecule has 2 heterocycles. The second-order valence-electron chi connectivity index (χ2n) is 5.02. The van der Waals surface area contributed by atoms with Crippen molar-refractivity contribution < 1.29 is 4.79 Å². The minimum atomic E-state index is -0.131. The Balaban J connectivity index is 2.14. The monoisotopic (exact) mass is 258 g/mol. The van der Waals surface area contributed by atoms with Crippen molar-refractivity contribution in [3.05, 3.63) is 29.2 Å². The van der Waals surface area contributed by atoms with Crippen molar-refractivity contribution in [3.63, 3.8) is 0 Å². The van der Waals surface area contributed by atoms with Crippen LogP contribution in [-0.2, 0) is 12.8 Å². The molecule has 0 saturated carbocycles. The van der Waals surface area contributed by atoms with E-state index in [2.05, 4.69) is 15.4 Å². The predicted molar refractivity (Wildman–Crippen MR) is 72.3 cm³/mol. The molecule has 0 fully saturated rings. The van der Waals surface area contributed by atoms with Crippen molar-refractivity contribution in [2.45, 2.75) is 38.5 Å². The first-order valence-corrected chi connectivity index (χ1v) is 6.88. The predicted octanol–water partition coefficient (Wildman–Crippen LogP) is 1.75. The van der Waals surface area contributed by atoms with Crippen LogP contribution in [0.3, 0.4) is 0 Å². The molecule has 1 aliphatic rings. The highest BCUT2D eigenvalue weighted by Crippen LogP contribution is 2.21. The van der Waals surface area contributed by atoms with Gasteiger partial charge in [-0.15, -0.1) is 0 Å². The number of nitrogens with zero attached hydrogens (tertiary/aromatic N) is 3. The third kappa shape index (κ3) is 2.09. The molecule has 1 aliphatic carbocycles. The molecule has 0 saturated heterocycles. The van der Waals surface area contributed by atoms with Gasteiger partial charge in [-0.25, -0.2) is 9.50 Å². The number of nitrogens with one attached hydrogen (secondary N) is 1. The third-order valence-corrected chi connectivity index (χ3v) is 3.79. The quantitative estimate of drug-likeness (QED) is 0.847. The molecule has 0 aliphatic heterocycles. The number of aryl methyl sites for hydroxylation is 2. The van der Waals surface area contributed by atoms with Crippen LogP contribution in [0.15, 0.2) is 12.4 Å². The SMILES string of the molecule is CNC(=O)c1cnn2c3c(cnc12)CCCCCC3. The summed E-state index contributed by atoms with van der Waals surface area (Å²) in [5.74, 6) is -0.131. The summed E-state index contributed by atoms with van der Waals surface area (Å²) < 4.78 is 1.85. The van der Waals surface area contributed by atoms with E-state index in [1.54, 1.807) is 13.2 Å². The first kappa shape index (κ1) is 12.1. The van der Waals surface area contributed by atoms with E-state index in [1.165, 1.54) is 36.9 Å². The Labute approximate surface area is 112 Å². The summed E-state index contributed by atoms with van der Waals surface area (Å²) in [5, 5.41) is 7.00. The Morgan fingerprint density at radius 1 is 1.21 bits per heavy atom. The average Bonchev–Trinajstić information content (AvgIpc) is 2.82. The number of rotatable bonds is 1. The van der Waals surface area contributed by atoms with Crippen molar-refractivity contribution in [2.75, 3.05) is 7.05 Å². The molecule has 1 N–H and O–H groups in total. The lowest BCUT2D eigenvalue weighted by Crippen LogP contribution is -2.18. The highest BCUT2D eigenvalue weighted by molar-refractivity contribution is 5.99. The minimum Gasteiger partial charge on any atom is -0.355 e. The van der Waals surface area contributed by atoms with Gasteiger partial charge in [0, 0.05) is 18.9 Å². The average molecular weight is 258 g/mol. The molecular formula is C14H18N4O. The number of hydrogen-bond acceptors (Lipinski definition) is 3. The number of fused-ring (bicyclic) bond motifs is 3. The maximum atomic E-state index is 11.8. The number of hydrogen-bond donors (Lipinski definition) is 1. The molecule has 0 radical (unpaired) electrons. The van der Waals surface area contributed by atoms with Gasteiger partial charge in [-0.1, -0.05) is 12.8 Å². The minimum absolute atomic E-state index is 0.131. The fraction of sp³-hybridized carbons (Fsp3) is 0.500. The van der Waals surface area contributed by atoms with Crippen molar-refractivity contribution in [2.24, 2.45) is 0 Å². The fourth-order valence-electron chi connectivity index (χ4n) is 2.74. The van der Waals surface area contributed by atoms with Crippen molar-refractivity contribution in [1.82, 2.24) is 19.9 Å². The van der Waals surface area contributed by atoms with Crippen LogP contribution < -0.4 is 5.32 Å². The van der Waals surface area contributed by atoms with Gasteiger partial charge < -0.3 is 5.32 Å². The number of carbonyl (C=O) groups excluding carboxylic acids is 1. The Kier molecular flexibility index (Phi) is 3.19. The molecule has 0 atom stereocenters. The Morgan fingerprint density at radius 2 is 2.00 bits per heavy atom. The summed E-state index contributed by atoms with van der Waals surface area (Å²) in [6.07, 6.45) is 10.6. The van der Waals surface area contributed by atoms with E-state index < -0.39 is 0 Å². The van der Waals surface area contributed by atoms with E-state index in [0.29, 0.717) is 11.2 Å². The van der Waals surface area contributed by atoms with Gasteiger partial charge in [-0.3, -0.25) is 4.79 Å². The lowest BCUT2D eigenvalue weighted by Gasteiger charge is -2.14. The van der Waals surface area contributed by atoms with Gasteiger partial charge in [-0.2, -0.15) is 5.10 Å². The first-order chi connectivity index (χ1) is 9.31. The van der Waals surface area contributed by atoms with Gasteiger partial charge in [0.25, 0.3) is 5.91 Å². The third-order valence-electron chi connectivity index (χ3n) is 3.79. The summed E-state index contributed by atoms with van der Waals surface area (Å²) in [6, 6.07) is 0. The standard InChI is InChI=1S/C14H18N4O/c1-15-14(19)11-9-17-18-12-7-5-3-2-4-6-10(12)8-16-13(11)18/h8-9H,2-7H2,1H3,(H,15,19). The smallest absolute Gasteiger partial charge is 0.256 e. The molecule has 0 aromatic carbocycles. The summed E-state index contributed by atoms with van der Waals surface area (Å²) in [5.41, 5.74) is 3.71. The summed E-state index contributed by atoms with van der Waals surface area (Å²) in [7, 11) is 1.62. The molecule has 3 rings (SSSR count). The maximum absolute atomic E-state index is 11.8. The van der Waals surface area contributed by atoms with Gasteiger partial charge in [0.1, 0.15) is 5.56 Å². The van der Waals surface area contributed by atoms with Crippen LogP contribution in [0.4, 0.5) is 0 Å². The molecule has 100 valence electrons. The second kappa shape index (κ2) is 4.99. The highest BCUT2D eigenvalue weighted by atomic mass is 16.1. The Hall–Kier alpha value is -1.91. The molecule has 0 spiro atoms. The van der Waals surface area contributed by atoms with Crippen LogP contribution >= 0.6 is 0 Å².